The average molecular weight is 450 g/mol. The van der Waals surface area contributed by atoms with E-state index in [4.69, 9.17) is 19.7 Å². The van der Waals surface area contributed by atoms with Gasteiger partial charge in [0, 0.05) is 43.1 Å². The minimum Gasteiger partial charge on any atom is -0.405 e. The van der Waals surface area contributed by atoms with Crippen LogP contribution in [0.25, 0.3) is 23.1 Å². The van der Waals surface area contributed by atoms with Crippen molar-refractivity contribution in [2.75, 3.05) is 31.1 Å². The predicted octanol–water partition coefficient (Wildman–Crippen LogP) is 5.17. The molecule has 1 saturated heterocycles. The van der Waals surface area contributed by atoms with Gasteiger partial charge in [0.2, 0.25) is 0 Å². The number of fused-ring (bicyclic) bond motifs is 1. The van der Waals surface area contributed by atoms with Crippen molar-refractivity contribution < 1.29 is 9.50 Å². The van der Waals surface area contributed by atoms with Gasteiger partial charge in [-0.3, -0.25) is 0 Å². The summed E-state index contributed by atoms with van der Waals surface area (Å²) in [5.74, 6) is 0. The van der Waals surface area contributed by atoms with Crippen LogP contribution >= 0.6 is 0 Å². The van der Waals surface area contributed by atoms with Crippen LogP contribution in [-0.4, -0.2) is 31.3 Å². The molecule has 0 spiro atoms. The van der Waals surface area contributed by atoms with Gasteiger partial charge in [-0.25, -0.2) is 0 Å². The van der Waals surface area contributed by atoms with Crippen molar-refractivity contribution in [2.45, 2.75) is 33.1 Å². The van der Waals surface area contributed by atoms with Crippen molar-refractivity contribution in [2.24, 2.45) is 0 Å². The Kier molecular flexibility index (Phi) is 8.63. The molecule has 2 aromatic carbocycles. The standard InChI is InChI=1S/C26H31N2O.NO3/c1-3-27(4-2)23-15-16-24-22(14-13-21-11-7-5-8-12-21)19-26(29-25(24)20-23)28-17-9-6-10-18-28;2-1(3)4/h5,7-8,11-16,19-20H,3-4,6,9-10,17-18H2,1-2H3;/q+1;-1/b14-13+;. The Morgan fingerprint density at radius 2 is 1.64 bits per heavy atom. The van der Waals surface area contributed by atoms with Gasteiger partial charge in [0.25, 0.3) is 0 Å². The van der Waals surface area contributed by atoms with Gasteiger partial charge in [-0.2, -0.15) is 4.58 Å². The molecular weight excluding hydrogens is 418 g/mol. The van der Waals surface area contributed by atoms with E-state index in [9.17, 15) is 0 Å². The van der Waals surface area contributed by atoms with Crippen LogP contribution < -0.4 is 15.0 Å². The fourth-order valence-electron chi connectivity index (χ4n) is 4.13. The maximum atomic E-state index is 8.25. The first-order valence-electron chi connectivity index (χ1n) is 11.5. The number of hydrogen-bond donors (Lipinski definition) is 0. The molecule has 0 radical (unpaired) electrons. The van der Waals surface area contributed by atoms with Crippen molar-refractivity contribution in [3.05, 3.63) is 86.6 Å². The Morgan fingerprint density at radius 1 is 0.970 bits per heavy atom. The van der Waals surface area contributed by atoms with E-state index in [2.05, 4.69) is 90.1 Å². The van der Waals surface area contributed by atoms with E-state index in [1.807, 2.05) is 0 Å². The molecule has 33 heavy (non-hydrogen) atoms. The smallest absolute Gasteiger partial charge is 0.368 e. The third kappa shape index (κ3) is 6.68. The fraction of sp³-hybridized carbons (Fsp3) is 0.346. The topological polar surface area (TPSA) is 85.6 Å². The molecule has 0 bridgehead atoms. The van der Waals surface area contributed by atoms with Gasteiger partial charge >= 0.3 is 5.55 Å². The fourth-order valence-corrected chi connectivity index (χ4v) is 4.13. The molecule has 1 aliphatic rings. The molecule has 1 fully saturated rings. The summed E-state index contributed by atoms with van der Waals surface area (Å²) in [4.78, 5) is 10.6. The summed E-state index contributed by atoms with van der Waals surface area (Å²) in [6.45, 7) is 8.54. The van der Waals surface area contributed by atoms with Crippen LogP contribution in [0.1, 0.15) is 44.2 Å². The number of benzene rings is 2. The van der Waals surface area contributed by atoms with Crippen LogP contribution in [-0.2, 0) is 0 Å². The summed E-state index contributed by atoms with van der Waals surface area (Å²) in [7, 11) is 0. The van der Waals surface area contributed by atoms with E-state index in [0.717, 1.165) is 42.7 Å². The second kappa shape index (κ2) is 11.9. The van der Waals surface area contributed by atoms with E-state index in [-0.39, 0.29) is 0 Å². The third-order valence-corrected chi connectivity index (χ3v) is 5.82. The summed E-state index contributed by atoms with van der Waals surface area (Å²) in [6, 6.07) is 19.3. The van der Waals surface area contributed by atoms with Gasteiger partial charge < -0.3 is 24.6 Å². The molecule has 1 aromatic heterocycles. The van der Waals surface area contributed by atoms with Crippen molar-refractivity contribution >= 4 is 28.8 Å². The zero-order valence-electron chi connectivity index (χ0n) is 19.3. The average Bonchev–Trinajstić information content (AvgIpc) is 2.84. The maximum Gasteiger partial charge on any atom is 0.368 e. The molecule has 0 atom stereocenters. The molecule has 1 aliphatic heterocycles. The Bertz CT molecular complexity index is 1150. The highest BCUT2D eigenvalue weighted by Crippen LogP contribution is 2.25. The lowest BCUT2D eigenvalue weighted by molar-refractivity contribution is -0.402. The zero-order valence-corrected chi connectivity index (χ0v) is 19.3. The van der Waals surface area contributed by atoms with Crippen molar-refractivity contribution in [3.63, 3.8) is 0 Å². The maximum absolute atomic E-state index is 8.25. The van der Waals surface area contributed by atoms with Crippen molar-refractivity contribution in [3.8, 4) is 0 Å². The molecule has 0 N–H and O–H groups in total. The summed E-state index contributed by atoms with van der Waals surface area (Å²) < 4.78 is 8.83. The van der Waals surface area contributed by atoms with Gasteiger partial charge in [-0.1, -0.05) is 42.5 Å². The lowest BCUT2D eigenvalue weighted by Gasteiger charge is -2.21. The number of anilines is 1. The molecule has 0 amide bonds. The van der Waals surface area contributed by atoms with Crippen LogP contribution in [0.3, 0.4) is 0 Å². The molecule has 0 aliphatic carbocycles. The number of piperidine rings is 1. The van der Waals surface area contributed by atoms with Crippen LogP contribution in [0, 0.1) is 15.3 Å². The van der Waals surface area contributed by atoms with Crippen molar-refractivity contribution in [1.29, 1.82) is 0 Å². The number of nitrogens with zero attached hydrogens (tertiary/aromatic N) is 3. The second-order valence-electron chi connectivity index (χ2n) is 7.91. The number of hydrogen-bond acceptors (Lipinski definition) is 5. The molecule has 2 heterocycles. The highest BCUT2D eigenvalue weighted by atomic mass is 16.9. The first kappa shape index (κ1) is 24.0. The first-order valence-corrected chi connectivity index (χ1v) is 11.5. The summed E-state index contributed by atoms with van der Waals surface area (Å²) in [5, 5.41) is 15.9. The molecule has 3 aromatic rings. The monoisotopic (exact) mass is 449 g/mol. The summed E-state index contributed by atoms with van der Waals surface area (Å²) in [6.07, 6.45) is 8.20. The Morgan fingerprint density at radius 3 is 2.27 bits per heavy atom. The van der Waals surface area contributed by atoms with Gasteiger partial charge in [0.05, 0.1) is 11.2 Å². The van der Waals surface area contributed by atoms with Crippen LogP contribution in [0.5, 0.6) is 0 Å². The molecular formula is C26H31N3O4. The predicted molar refractivity (Wildman–Crippen MR) is 134 cm³/mol. The van der Waals surface area contributed by atoms with E-state index in [1.54, 1.807) is 0 Å². The van der Waals surface area contributed by atoms with E-state index >= 15 is 0 Å². The zero-order chi connectivity index (χ0) is 23.6. The highest BCUT2D eigenvalue weighted by Gasteiger charge is 2.15. The molecule has 174 valence electrons. The van der Waals surface area contributed by atoms with E-state index in [0.29, 0.717) is 0 Å². The molecule has 0 saturated carbocycles. The summed E-state index contributed by atoms with van der Waals surface area (Å²) >= 11 is 0. The van der Waals surface area contributed by atoms with Crippen LogP contribution in [0.15, 0.2) is 59.0 Å². The second-order valence-corrected chi connectivity index (χ2v) is 7.91. The quantitative estimate of drug-likeness (QED) is 0.305. The van der Waals surface area contributed by atoms with Gasteiger partial charge in [-0.05, 0) is 43.5 Å². The van der Waals surface area contributed by atoms with Gasteiger partial charge in [-0.15, -0.1) is 0 Å². The molecule has 4 rings (SSSR count). The number of rotatable bonds is 5. The van der Waals surface area contributed by atoms with Crippen LogP contribution in [0.4, 0.5) is 5.69 Å². The van der Waals surface area contributed by atoms with E-state index in [1.165, 1.54) is 36.1 Å². The van der Waals surface area contributed by atoms with Crippen LogP contribution in [0.2, 0.25) is 0 Å². The first-order chi connectivity index (χ1) is 16.0. The lowest BCUT2D eigenvalue weighted by Crippen LogP contribution is -2.34. The van der Waals surface area contributed by atoms with Crippen molar-refractivity contribution in [1.82, 2.24) is 4.58 Å². The molecule has 7 nitrogen and oxygen atoms in total. The summed E-state index contributed by atoms with van der Waals surface area (Å²) in [5.41, 5.74) is 5.59. The van der Waals surface area contributed by atoms with Gasteiger partial charge in [0.15, 0.2) is 0 Å². The Hall–Kier alpha value is -3.61. The normalized spacial score (nSPS) is 13.6. The molecule has 0 unspecified atom stereocenters. The largest absolute Gasteiger partial charge is 0.405 e. The molecule has 7 heteroatoms. The minimum absolute atomic E-state index is 0.963. The third-order valence-electron chi connectivity index (χ3n) is 5.82. The highest BCUT2D eigenvalue weighted by molar-refractivity contribution is 5.91. The van der Waals surface area contributed by atoms with Gasteiger partial charge in [0.1, 0.15) is 18.7 Å². The Labute approximate surface area is 194 Å². The SMILES string of the molecule is CCN(CC)c1ccc2c(/C=C/c3ccccc3)cc(=[N+]3CCCCC3)oc2c1.O=[N+]([O-])[O-]. The van der Waals surface area contributed by atoms with E-state index < -0.39 is 5.09 Å². The lowest BCUT2D eigenvalue weighted by atomic mass is 10.1. The Balaban J connectivity index is 0.000000709. The minimum atomic E-state index is -1.75.